The molecule has 5 rings (SSSR count). The summed E-state index contributed by atoms with van der Waals surface area (Å²) in [5.41, 5.74) is 7.19. The molecular formula is C24H23F3N8O3. The Kier molecular flexibility index (Phi) is 6.46. The molecule has 0 bridgehead atoms. The number of nitrogens with two attached hydrogens (primary N) is 1. The Hall–Kier alpha value is -4.49. The van der Waals surface area contributed by atoms with Crippen LogP contribution in [0, 0.1) is 31.3 Å². The van der Waals surface area contributed by atoms with E-state index in [1.54, 1.807) is 13.8 Å². The molecule has 3 amide bonds. The van der Waals surface area contributed by atoms with Crippen molar-refractivity contribution in [2.75, 3.05) is 13.1 Å². The smallest absolute Gasteiger partial charge is 0.341 e. The minimum absolute atomic E-state index is 0.126. The molecule has 2 aromatic heterocycles. The van der Waals surface area contributed by atoms with Crippen LogP contribution in [0.25, 0.3) is 11.4 Å². The summed E-state index contributed by atoms with van der Waals surface area (Å²) in [6, 6.07) is 1.99. The molecule has 1 unspecified atom stereocenters. The van der Waals surface area contributed by atoms with Gasteiger partial charge < -0.3 is 15.4 Å². The molecule has 198 valence electrons. The fraction of sp³-hybridized carbons (Fsp3) is 0.333. The van der Waals surface area contributed by atoms with E-state index in [0.717, 1.165) is 12.3 Å². The lowest BCUT2D eigenvalue weighted by Gasteiger charge is -2.40. The lowest BCUT2D eigenvalue weighted by Crippen LogP contribution is -2.59. The lowest BCUT2D eigenvalue weighted by molar-refractivity contribution is -0.118. The highest BCUT2D eigenvalue weighted by Crippen LogP contribution is 2.32. The van der Waals surface area contributed by atoms with Crippen molar-refractivity contribution >= 4 is 18.2 Å². The quantitative estimate of drug-likeness (QED) is 0.523. The summed E-state index contributed by atoms with van der Waals surface area (Å²) >= 11 is 0. The first-order valence-electron chi connectivity index (χ1n) is 11.7. The van der Waals surface area contributed by atoms with Gasteiger partial charge >= 0.3 is 6.03 Å². The monoisotopic (exact) mass is 528 g/mol. The maximum absolute atomic E-state index is 14.5. The van der Waals surface area contributed by atoms with Crippen molar-refractivity contribution in [2.45, 2.75) is 39.0 Å². The van der Waals surface area contributed by atoms with Crippen LogP contribution in [0.2, 0.25) is 0 Å². The highest BCUT2D eigenvalue weighted by Gasteiger charge is 2.39. The van der Waals surface area contributed by atoms with Crippen LogP contribution >= 0.6 is 0 Å². The summed E-state index contributed by atoms with van der Waals surface area (Å²) in [7, 11) is 0. The van der Waals surface area contributed by atoms with Crippen LogP contribution in [0.15, 0.2) is 29.5 Å². The van der Waals surface area contributed by atoms with E-state index >= 15 is 0 Å². The minimum atomic E-state index is -0.782. The largest absolute Gasteiger partial charge is 0.468 e. The molecule has 1 atom stereocenters. The number of carbonyl (C=O) groups excluding carboxylic acids is 2. The predicted octanol–water partition coefficient (Wildman–Crippen LogP) is 2.48. The topological polar surface area (TPSA) is 132 Å². The number of ether oxygens (including phenoxy) is 1. The molecule has 3 aromatic rings. The summed E-state index contributed by atoms with van der Waals surface area (Å²) in [6.45, 7) is 3.55. The van der Waals surface area contributed by atoms with Crippen molar-refractivity contribution in [3.05, 3.63) is 58.8 Å². The van der Waals surface area contributed by atoms with Gasteiger partial charge in [0.15, 0.2) is 5.82 Å². The van der Waals surface area contributed by atoms with Crippen LogP contribution in [-0.4, -0.2) is 67.0 Å². The van der Waals surface area contributed by atoms with Crippen LogP contribution in [0.3, 0.4) is 0 Å². The number of urea groups is 1. The highest BCUT2D eigenvalue weighted by atomic mass is 19.1. The van der Waals surface area contributed by atoms with Gasteiger partial charge in [-0.1, -0.05) is 0 Å². The van der Waals surface area contributed by atoms with E-state index < -0.39 is 41.5 Å². The molecule has 38 heavy (non-hydrogen) atoms. The maximum Gasteiger partial charge on any atom is 0.341 e. The Labute approximate surface area is 214 Å². The molecule has 1 saturated heterocycles. The zero-order valence-corrected chi connectivity index (χ0v) is 20.4. The van der Waals surface area contributed by atoms with E-state index in [-0.39, 0.29) is 31.3 Å². The van der Waals surface area contributed by atoms with Gasteiger partial charge in [0.2, 0.25) is 11.7 Å². The summed E-state index contributed by atoms with van der Waals surface area (Å²) in [5, 5.41) is 9.52. The number of rotatable bonds is 6. The van der Waals surface area contributed by atoms with Gasteiger partial charge in [0.1, 0.15) is 24.3 Å². The number of likely N-dealkylation sites (tertiary alicyclic amines) is 1. The van der Waals surface area contributed by atoms with Gasteiger partial charge in [0.25, 0.3) is 5.88 Å². The molecule has 1 fully saturated rings. The van der Waals surface area contributed by atoms with Crippen molar-refractivity contribution in [3.8, 4) is 17.3 Å². The van der Waals surface area contributed by atoms with Crippen molar-refractivity contribution in [2.24, 2.45) is 10.8 Å². The van der Waals surface area contributed by atoms with Gasteiger partial charge in [-0.2, -0.15) is 19.6 Å². The Morgan fingerprint density at radius 3 is 2.53 bits per heavy atom. The van der Waals surface area contributed by atoms with E-state index in [1.165, 1.54) is 32.9 Å². The Bertz CT molecular complexity index is 1430. The first-order valence-corrected chi connectivity index (χ1v) is 11.7. The van der Waals surface area contributed by atoms with Crippen molar-refractivity contribution in [1.82, 2.24) is 29.7 Å². The molecule has 4 heterocycles. The third kappa shape index (κ3) is 4.76. The predicted molar refractivity (Wildman–Crippen MR) is 127 cm³/mol. The van der Waals surface area contributed by atoms with Gasteiger partial charge in [0.05, 0.1) is 36.6 Å². The molecule has 0 spiro atoms. The number of benzene rings is 1. The van der Waals surface area contributed by atoms with Gasteiger partial charge in [-0.25, -0.2) is 23.6 Å². The summed E-state index contributed by atoms with van der Waals surface area (Å²) in [6.07, 6.45) is 2.25. The number of hydrazone groups is 1. The normalized spacial score (nSPS) is 17.1. The molecule has 14 heteroatoms. The maximum atomic E-state index is 14.5. The van der Waals surface area contributed by atoms with E-state index in [9.17, 15) is 22.8 Å². The molecule has 11 nitrogen and oxygen atoms in total. The first kappa shape index (κ1) is 25.2. The molecule has 0 aliphatic carbocycles. The zero-order valence-electron chi connectivity index (χ0n) is 20.4. The van der Waals surface area contributed by atoms with E-state index in [1.807, 2.05) is 0 Å². The summed E-state index contributed by atoms with van der Waals surface area (Å²) in [4.78, 5) is 34.0. The van der Waals surface area contributed by atoms with Crippen LogP contribution < -0.4 is 10.5 Å². The number of hydrogen-bond donors (Lipinski definition) is 1. The standard InChI is InChI=1S/C24H23F3N8O3/c1-12-21(13(2)34(32-12)11-20(28)36)22-29-8-18(27)23(31-22)38-17-9-33(10-17)24(37)35-19(3-4-30-35)14-5-15(25)7-16(26)6-14/h4-8,17,19H,3,9-11H2,1-2H3,(H2,28,36). The van der Waals surface area contributed by atoms with Crippen molar-refractivity contribution in [3.63, 3.8) is 0 Å². The summed E-state index contributed by atoms with van der Waals surface area (Å²) < 4.78 is 49.0. The number of aryl methyl sites for hydroxylation is 1. The zero-order chi connectivity index (χ0) is 27.1. The number of nitrogens with zero attached hydrogens (tertiary/aromatic N) is 7. The molecule has 2 aliphatic rings. The molecule has 2 N–H and O–H groups in total. The van der Waals surface area contributed by atoms with E-state index in [4.69, 9.17) is 10.5 Å². The Morgan fingerprint density at radius 1 is 1.13 bits per heavy atom. The number of halogens is 3. The first-order chi connectivity index (χ1) is 18.1. The molecule has 1 aromatic carbocycles. The molecule has 0 saturated carbocycles. The van der Waals surface area contributed by atoms with Gasteiger partial charge in [-0.15, -0.1) is 0 Å². The van der Waals surface area contributed by atoms with Crippen molar-refractivity contribution < 1.29 is 27.5 Å². The summed E-state index contributed by atoms with van der Waals surface area (Å²) in [5.74, 6) is -2.96. The van der Waals surface area contributed by atoms with Crippen LogP contribution in [0.1, 0.15) is 29.4 Å². The van der Waals surface area contributed by atoms with Crippen LogP contribution in [0.4, 0.5) is 18.0 Å². The van der Waals surface area contributed by atoms with Crippen molar-refractivity contribution in [1.29, 1.82) is 0 Å². The average Bonchev–Trinajstić information content (AvgIpc) is 3.41. The number of hydrogen-bond acceptors (Lipinski definition) is 7. The molecule has 2 aliphatic heterocycles. The van der Waals surface area contributed by atoms with Crippen LogP contribution in [-0.2, 0) is 11.3 Å². The van der Waals surface area contributed by atoms with Gasteiger partial charge in [-0.3, -0.25) is 9.48 Å². The average molecular weight is 528 g/mol. The second-order valence-electron chi connectivity index (χ2n) is 9.04. The lowest BCUT2D eigenvalue weighted by atomic mass is 10.0. The molecular weight excluding hydrogens is 505 g/mol. The van der Waals surface area contributed by atoms with Gasteiger partial charge in [0, 0.05) is 24.4 Å². The number of amides is 3. The van der Waals surface area contributed by atoms with E-state index in [0.29, 0.717) is 28.9 Å². The second kappa shape index (κ2) is 9.76. The Balaban J connectivity index is 1.26. The minimum Gasteiger partial charge on any atom is -0.468 e. The van der Waals surface area contributed by atoms with Gasteiger partial charge in [-0.05, 0) is 31.5 Å². The highest BCUT2D eigenvalue weighted by molar-refractivity contribution is 5.79. The SMILES string of the molecule is Cc1nn(CC(N)=O)c(C)c1-c1ncc(F)c(OC2CN(C(=O)N3N=CCC3c3cc(F)cc(F)c3)C2)n1. The number of aromatic nitrogens is 4. The molecule has 0 radical (unpaired) electrons. The van der Waals surface area contributed by atoms with Crippen LogP contribution in [0.5, 0.6) is 5.88 Å². The number of carbonyl (C=O) groups is 2. The third-order valence-corrected chi connectivity index (χ3v) is 6.32. The fourth-order valence-electron chi connectivity index (χ4n) is 4.49. The number of primary amides is 1. The third-order valence-electron chi connectivity index (χ3n) is 6.32. The fourth-order valence-corrected chi connectivity index (χ4v) is 4.49. The van der Waals surface area contributed by atoms with E-state index in [2.05, 4.69) is 20.2 Å². The second-order valence-corrected chi connectivity index (χ2v) is 9.04. The Morgan fingerprint density at radius 2 is 1.84 bits per heavy atom.